The van der Waals surface area contributed by atoms with Gasteiger partial charge in [0.2, 0.25) is 6.10 Å². The Labute approximate surface area is 196 Å². The third-order valence-electron chi connectivity index (χ3n) is 6.35. The number of fused-ring (bicyclic) bond motifs is 1. The summed E-state index contributed by atoms with van der Waals surface area (Å²) >= 11 is 0. The van der Waals surface area contributed by atoms with Crippen molar-refractivity contribution in [3.63, 3.8) is 0 Å². The first-order valence-corrected chi connectivity index (χ1v) is 12.0. The number of carbonyl (C=O) groups excluding carboxylic acids is 2. The van der Waals surface area contributed by atoms with Crippen LogP contribution >= 0.6 is 0 Å². The van der Waals surface area contributed by atoms with E-state index < -0.39 is 25.1 Å². The minimum Gasteiger partial charge on any atom is -0.426 e. The molecule has 0 bridgehead atoms. The number of nitrogens with one attached hydrogen (secondary N) is 2. The fourth-order valence-electron chi connectivity index (χ4n) is 4.61. The lowest BCUT2D eigenvalue weighted by atomic mass is 9.75. The largest absolute Gasteiger partial charge is 0.475 e. The van der Waals surface area contributed by atoms with Crippen LogP contribution in [0.2, 0.25) is 0 Å². The first-order chi connectivity index (χ1) is 15.7. The van der Waals surface area contributed by atoms with Crippen molar-refractivity contribution in [1.82, 2.24) is 10.6 Å². The molecule has 0 saturated carbocycles. The molecule has 2 aliphatic rings. The number of aryl methyl sites for hydroxylation is 1. The van der Waals surface area contributed by atoms with Crippen molar-refractivity contribution in [3.8, 4) is 0 Å². The Morgan fingerprint density at radius 3 is 2.55 bits per heavy atom. The van der Waals surface area contributed by atoms with Crippen LogP contribution < -0.4 is 10.6 Å². The summed E-state index contributed by atoms with van der Waals surface area (Å²) in [5.41, 5.74) is 3.69. The van der Waals surface area contributed by atoms with E-state index >= 15 is 0 Å². The van der Waals surface area contributed by atoms with Crippen molar-refractivity contribution in [2.45, 2.75) is 84.3 Å². The average molecular weight is 457 g/mol. The van der Waals surface area contributed by atoms with E-state index in [0.29, 0.717) is 17.7 Å². The molecule has 0 aromatic heterocycles. The molecule has 3 atom stereocenters. The lowest BCUT2D eigenvalue weighted by molar-refractivity contribution is -0.131. The van der Waals surface area contributed by atoms with Gasteiger partial charge in [-0.05, 0) is 61.1 Å². The molecule has 8 nitrogen and oxygen atoms in total. The lowest BCUT2D eigenvalue weighted by Gasteiger charge is -2.24. The number of carbonyl (C=O) groups is 2. The second kappa shape index (κ2) is 11.2. The van der Waals surface area contributed by atoms with Crippen LogP contribution in [0.1, 0.15) is 74.9 Å². The van der Waals surface area contributed by atoms with Gasteiger partial charge in [-0.15, -0.1) is 0 Å². The standard InChI is InChI=1S/C24H36BN3O5/c1-14(2)12-21(25(31)32)26-24(30)20-13-19(28-33-20)22(15(3)4)27-23(29)18-11-7-9-16-8-5-6-10-17(16)18/h7,9,11,14-15,20-22,31-32H,5-6,8,10,12-13H2,1-4H3,(H,26,30)(H,27,29)/t20?,21-,22-/m0/s1. The van der Waals surface area contributed by atoms with E-state index in [9.17, 15) is 19.6 Å². The van der Waals surface area contributed by atoms with Crippen LogP contribution in [0, 0.1) is 11.8 Å². The predicted molar refractivity (Wildman–Crippen MR) is 128 cm³/mol. The number of nitrogens with zero attached hydrogens (tertiary/aromatic N) is 1. The Morgan fingerprint density at radius 2 is 1.88 bits per heavy atom. The van der Waals surface area contributed by atoms with E-state index in [1.807, 2.05) is 39.8 Å². The maximum Gasteiger partial charge on any atom is 0.475 e. The van der Waals surface area contributed by atoms with E-state index in [-0.39, 0.29) is 30.2 Å². The minimum absolute atomic E-state index is 0.0469. The van der Waals surface area contributed by atoms with Crippen molar-refractivity contribution in [3.05, 3.63) is 34.9 Å². The molecule has 2 amide bonds. The third-order valence-corrected chi connectivity index (χ3v) is 6.35. The van der Waals surface area contributed by atoms with E-state index in [1.54, 1.807) is 0 Å². The van der Waals surface area contributed by atoms with Gasteiger partial charge in [0.05, 0.1) is 17.7 Å². The van der Waals surface area contributed by atoms with E-state index in [2.05, 4.69) is 21.9 Å². The molecule has 1 unspecified atom stereocenters. The van der Waals surface area contributed by atoms with Gasteiger partial charge in [0.25, 0.3) is 11.8 Å². The predicted octanol–water partition coefficient (Wildman–Crippen LogP) is 2.01. The van der Waals surface area contributed by atoms with Crippen molar-refractivity contribution in [2.24, 2.45) is 17.0 Å². The van der Waals surface area contributed by atoms with Gasteiger partial charge in [-0.25, -0.2) is 0 Å². The molecule has 9 heteroatoms. The SMILES string of the molecule is CC(C)C[C@H](NC(=O)C1CC([C@@H](NC(=O)c2cccc3c2CCCC3)C(C)C)=NO1)B(O)O. The monoisotopic (exact) mass is 457 g/mol. The fraction of sp³-hybridized carbons (Fsp3) is 0.625. The molecule has 1 aromatic rings. The van der Waals surface area contributed by atoms with Crippen LogP contribution in [-0.4, -0.2) is 52.8 Å². The van der Waals surface area contributed by atoms with E-state index in [0.717, 1.165) is 31.2 Å². The zero-order valence-electron chi connectivity index (χ0n) is 20.0. The van der Waals surface area contributed by atoms with E-state index in [1.165, 1.54) is 5.56 Å². The Bertz CT molecular complexity index is 887. The molecule has 3 rings (SSSR count). The highest BCUT2D eigenvalue weighted by molar-refractivity contribution is 6.43. The number of hydrogen-bond acceptors (Lipinski definition) is 6. The van der Waals surface area contributed by atoms with Crippen molar-refractivity contribution >= 4 is 24.6 Å². The zero-order valence-corrected chi connectivity index (χ0v) is 20.0. The molecule has 1 aliphatic heterocycles. The van der Waals surface area contributed by atoms with Crippen LogP contribution in [0.25, 0.3) is 0 Å². The van der Waals surface area contributed by atoms with Crippen LogP contribution in [0.5, 0.6) is 0 Å². The van der Waals surface area contributed by atoms with Gasteiger partial charge in [0.15, 0.2) is 0 Å². The summed E-state index contributed by atoms with van der Waals surface area (Å²) in [5, 5.41) is 29.0. The summed E-state index contributed by atoms with van der Waals surface area (Å²) in [6.07, 6.45) is 3.94. The van der Waals surface area contributed by atoms with Crippen molar-refractivity contribution in [2.75, 3.05) is 0 Å². The average Bonchev–Trinajstić information content (AvgIpc) is 3.25. The number of benzene rings is 1. The van der Waals surface area contributed by atoms with Gasteiger partial charge in [-0.3, -0.25) is 9.59 Å². The molecular weight excluding hydrogens is 421 g/mol. The van der Waals surface area contributed by atoms with Crippen LogP contribution in [0.15, 0.2) is 23.4 Å². The van der Waals surface area contributed by atoms with Gasteiger partial charge in [-0.1, -0.05) is 45.0 Å². The second-order valence-corrected chi connectivity index (χ2v) is 9.88. The van der Waals surface area contributed by atoms with Crippen LogP contribution in [0.3, 0.4) is 0 Å². The molecule has 0 spiro atoms. The third kappa shape index (κ3) is 6.35. The van der Waals surface area contributed by atoms with Crippen LogP contribution in [0.4, 0.5) is 0 Å². The molecule has 1 aromatic carbocycles. The summed E-state index contributed by atoms with van der Waals surface area (Å²) < 4.78 is 0. The number of hydrogen-bond donors (Lipinski definition) is 4. The van der Waals surface area contributed by atoms with Crippen LogP contribution in [-0.2, 0) is 22.5 Å². The van der Waals surface area contributed by atoms with Crippen molar-refractivity contribution < 1.29 is 24.5 Å². The van der Waals surface area contributed by atoms with Gasteiger partial charge < -0.3 is 25.5 Å². The summed E-state index contributed by atoms with van der Waals surface area (Å²) in [5.74, 6) is -1.14. The Morgan fingerprint density at radius 1 is 1.15 bits per heavy atom. The number of amides is 2. The minimum atomic E-state index is -1.65. The Kier molecular flexibility index (Phi) is 8.54. The number of rotatable bonds is 9. The molecule has 0 radical (unpaired) electrons. The molecule has 1 aliphatic carbocycles. The quantitative estimate of drug-likeness (QED) is 0.423. The maximum absolute atomic E-state index is 13.2. The Balaban J connectivity index is 1.65. The molecule has 4 N–H and O–H groups in total. The van der Waals surface area contributed by atoms with Gasteiger partial charge >= 0.3 is 7.12 Å². The molecule has 33 heavy (non-hydrogen) atoms. The summed E-state index contributed by atoms with van der Waals surface area (Å²) in [6, 6.07) is 5.53. The fourth-order valence-corrected chi connectivity index (χ4v) is 4.61. The van der Waals surface area contributed by atoms with E-state index in [4.69, 9.17) is 4.84 Å². The van der Waals surface area contributed by atoms with Gasteiger partial charge in [-0.2, -0.15) is 0 Å². The second-order valence-electron chi connectivity index (χ2n) is 9.88. The first-order valence-electron chi connectivity index (χ1n) is 12.0. The molecule has 1 heterocycles. The highest BCUT2D eigenvalue weighted by Crippen LogP contribution is 2.25. The zero-order chi connectivity index (χ0) is 24.1. The highest BCUT2D eigenvalue weighted by Gasteiger charge is 2.37. The topological polar surface area (TPSA) is 120 Å². The maximum atomic E-state index is 13.2. The Hall–Kier alpha value is -2.39. The summed E-state index contributed by atoms with van der Waals surface area (Å²) in [4.78, 5) is 31.2. The summed E-state index contributed by atoms with van der Waals surface area (Å²) in [7, 11) is -1.65. The van der Waals surface area contributed by atoms with Gasteiger partial charge in [0.1, 0.15) is 0 Å². The van der Waals surface area contributed by atoms with Gasteiger partial charge in [0, 0.05) is 12.0 Å². The molecule has 0 saturated heterocycles. The normalized spacial score (nSPS) is 19.4. The highest BCUT2D eigenvalue weighted by atomic mass is 16.6. The molecule has 180 valence electrons. The first kappa shape index (κ1) is 25.2. The number of oxime groups is 1. The van der Waals surface area contributed by atoms with Crippen molar-refractivity contribution in [1.29, 1.82) is 0 Å². The lowest BCUT2D eigenvalue weighted by Crippen LogP contribution is -2.51. The summed E-state index contributed by atoms with van der Waals surface area (Å²) in [6.45, 7) is 7.85. The smallest absolute Gasteiger partial charge is 0.426 e. The molecule has 0 fully saturated rings. The molecular formula is C24H36BN3O5.